The molecule has 28 nitrogen and oxygen atoms in total. The summed E-state index contributed by atoms with van der Waals surface area (Å²) in [7, 11) is 2.56. The average Bonchev–Trinajstić information content (AvgIpc) is 1.59. The highest BCUT2D eigenvalue weighted by Gasteiger charge is 2.63. The first-order chi connectivity index (χ1) is 51.1. The van der Waals surface area contributed by atoms with Crippen molar-refractivity contribution in [2.45, 2.75) is 216 Å². The largest absolute Gasteiger partial charge is 0.472 e. The van der Waals surface area contributed by atoms with Crippen LogP contribution in [-0.2, 0) is 47.7 Å². The number of fused-ring (bicyclic) bond motifs is 4. The number of allylic oxidation sites excluding steroid dienone is 2. The van der Waals surface area contributed by atoms with Gasteiger partial charge in [0.15, 0.2) is 0 Å². The number of hydrogen-bond acceptors (Lipinski definition) is 22. The molecular weight excluding hydrogens is 1410 g/mol. The Kier molecular flexibility index (Phi) is 26.9. The summed E-state index contributed by atoms with van der Waals surface area (Å²) in [5, 5.41) is 20.7. The van der Waals surface area contributed by atoms with Gasteiger partial charge in [0, 0.05) is 61.3 Å². The molecule has 6 aliphatic heterocycles. The second-order valence-electron chi connectivity index (χ2n) is 30.2. The van der Waals surface area contributed by atoms with E-state index in [9.17, 15) is 47.1 Å². The van der Waals surface area contributed by atoms with Crippen LogP contribution in [0.1, 0.15) is 157 Å². The van der Waals surface area contributed by atoms with Gasteiger partial charge < -0.3 is 80.3 Å². The van der Waals surface area contributed by atoms with Crippen LogP contribution in [0.5, 0.6) is 11.8 Å². The Balaban J connectivity index is 0.000000215. The molecule has 8 aliphatic rings. The molecular formula is C76H101ClF2N14O14. The van der Waals surface area contributed by atoms with Gasteiger partial charge in [-0.05, 0) is 180 Å². The van der Waals surface area contributed by atoms with Crippen molar-refractivity contribution in [3.63, 3.8) is 0 Å². The van der Waals surface area contributed by atoms with Crippen LogP contribution in [0.2, 0.25) is 5.15 Å². The predicted molar refractivity (Wildman–Crippen MR) is 394 cm³/mol. The van der Waals surface area contributed by atoms with Crippen LogP contribution in [0.15, 0.2) is 85.0 Å². The number of carbonyl (C=O) groups is 8. The van der Waals surface area contributed by atoms with Crippen molar-refractivity contribution < 1.29 is 75.6 Å². The predicted octanol–water partition coefficient (Wildman–Crippen LogP) is 9.96. The third kappa shape index (κ3) is 22.3. The number of aromatic nitrogens is 4. The number of nitrogens with one attached hydrogen (secondary N) is 7. The van der Waals surface area contributed by atoms with Gasteiger partial charge >= 0.3 is 24.1 Å². The number of amides is 6. The zero-order valence-corrected chi connectivity index (χ0v) is 62.9. The van der Waals surface area contributed by atoms with Crippen molar-refractivity contribution in [1.82, 2.24) is 56.3 Å². The summed E-state index contributed by atoms with van der Waals surface area (Å²) in [5.74, 6) is -3.09. The number of esters is 2. The first-order valence-corrected chi connectivity index (χ1v) is 37.5. The summed E-state index contributed by atoms with van der Waals surface area (Å²) in [4.78, 5) is 131. The van der Waals surface area contributed by atoms with Gasteiger partial charge in [0.05, 0.1) is 27.3 Å². The van der Waals surface area contributed by atoms with Crippen molar-refractivity contribution in [1.29, 1.82) is 0 Å². The Bertz CT molecular complexity index is 3850. The van der Waals surface area contributed by atoms with Crippen molar-refractivity contribution in [2.24, 2.45) is 11.8 Å². The van der Waals surface area contributed by atoms with E-state index in [-0.39, 0.29) is 72.4 Å². The Morgan fingerprint density at radius 1 is 0.561 bits per heavy atom. The Hall–Kier alpha value is -9.45. The zero-order valence-electron chi connectivity index (χ0n) is 62.2. The molecule has 0 bridgehead atoms. The van der Waals surface area contributed by atoms with Crippen LogP contribution in [0, 0.1) is 23.5 Å². The summed E-state index contributed by atoms with van der Waals surface area (Å²) in [6.45, 7) is 14.5. The molecule has 4 saturated heterocycles. The number of ether oxygens (including phenoxy) is 6. The fourth-order valence-electron chi connectivity index (χ4n) is 14.0. The van der Waals surface area contributed by atoms with Crippen molar-refractivity contribution >= 4 is 88.4 Å². The van der Waals surface area contributed by atoms with E-state index >= 15 is 0 Å². The maximum atomic E-state index is 14.4. The minimum absolute atomic E-state index is 0.0156. The highest BCUT2D eigenvalue weighted by molar-refractivity contribution is 6.29. The average molecular weight is 1510 g/mol. The molecule has 4 aromatic rings. The minimum Gasteiger partial charge on any atom is -0.472 e. The van der Waals surface area contributed by atoms with E-state index in [2.05, 4.69) is 57.1 Å². The highest BCUT2D eigenvalue weighted by Crippen LogP contribution is 2.48. The molecule has 8 heterocycles. The molecule has 6 fully saturated rings. The topological polar surface area (TPSA) is 337 Å². The number of rotatable bonds is 13. The molecule has 2 aromatic heterocycles. The standard InChI is InChI=1S/C38H50FN7O7.C34H42ClFN6O7.C4H9N/c1-37(2,3)53-36(50)41-28-13-9-7-5-6-8-12-24-22-38(24,34(49)51-4)44-32(47)29-20-27(23-46(29)33(28)48)52-31-21-30(45-18-10-11-19-45)42-35(43-31)40-26-16-14-25(39)15-17-26;1-33(2,3)49-32(46)38-24-11-9-7-5-6-8-10-20-18-34(20,30(45)47-4)41-28(43)25-16-23(19-42(25)29(24)44)48-27-17-26(35)39-31(40-27)37-22-14-12-21(36)13-15-22;1-2-4-5-3-1/h8,12,14-17,21,24,27-29H,5-7,9-11,13,18-20,22-23H2,1-4H3,(H,41,50)(H,44,47)(H,40,42,43);8,10,12-15,17,20,23-25H,5-7,9,11,16,18-19H2,1-4H3,(H,38,46)(H,41,43)(H,37,39,40);5H,1-4H2/b12-8-;10-8-;/t24-,27-,28+,29+,38-;20-,23-,24+,25+,34-;/m11./s1. The van der Waals surface area contributed by atoms with Gasteiger partial charge in [-0.3, -0.25) is 19.2 Å². The maximum Gasteiger partial charge on any atom is 0.408 e. The van der Waals surface area contributed by atoms with Gasteiger partial charge in [-0.1, -0.05) is 61.6 Å². The van der Waals surface area contributed by atoms with Gasteiger partial charge in [-0.2, -0.15) is 15.0 Å². The van der Waals surface area contributed by atoms with Crippen LogP contribution < -0.4 is 51.6 Å². The molecule has 580 valence electrons. The summed E-state index contributed by atoms with van der Waals surface area (Å²) < 4.78 is 60.8. The van der Waals surface area contributed by atoms with E-state index in [0.717, 1.165) is 64.5 Å². The molecule has 2 saturated carbocycles. The van der Waals surface area contributed by atoms with Crippen LogP contribution in [0.25, 0.3) is 0 Å². The normalized spacial score (nSPS) is 26.6. The second-order valence-corrected chi connectivity index (χ2v) is 30.6. The minimum atomic E-state index is -1.24. The highest BCUT2D eigenvalue weighted by atomic mass is 35.5. The zero-order chi connectivity index (χ0) is 76.6. The van der Waals surface area contributed by atoms with Gasteiger partial charge in [0.2, 0.25) is 47.3 Å². The fraction of sp³-hybridized carbons (Fsp3) is 0.579. The first kappa shape index (κ1) is 80.1. The van der Waals surface area contributed by atoms with Gasteiger partial charge in [-0.25, -0.2) is 32.9 Å². The first-order valence-electron chi connectivity index (χ1n) is 37.1. The number of alkyl carbamates (subject to hydrolysis) is 2. The number of methoxy groups -OCH3 is 2. The monoisotopic (exact) mass is 1510 g/mol. The number of nitrogens with zero attached hydrogens (tertiary/aromatic N) is 7. The number of halogens is 3. The number of anilines is 5. The lowest BCUT2D eigenvalue weighted by atomic mass is 10.0. The fourth-order valence-corrected chi connectivity index (χ4v) is 14.1. The molecule has 0 spiro atoms. The number of benzene rings is 2. The lowest BCUT2D eigenvalue weighted by Crippen LogP contribution is -2.56. The third-order valence-corrected chi connectivity index (χ3v) is 19.7. The van der Waals surface area contributed by atoms with E-state index in [4.69, 9.17) is 45.0 Å². The smallest absolute Gasteiger partial charge is 0.408 e. The van der Waals surface area contributed by atoms with E-state index in [1.54, 1.807) is 59.7 Å². The SMILES string of the molecule is C1CCNC1.COC(=O)[C@@]12C[C@H]1/C=C\CCCCC[C@H](NC(=O)OC(C)(C)C)C(=O)N1C[C@H](Oc3cc(Cl)nc(Nc4ccc(F)cc4)n3)C[C@H]1C(=O)N2.COC(=O)[C@@]12C[C@H]1/C=C\CCCCC[C@H](NC(=O)OC(C)(C)C)C(=O)N1C[C@H](Oc3cc(N4CCCC4)nc(Nc4ccc(F)cc4)n3)C[C@H]1C(=O)N2. The van der Waals surface area contributed by atoms with Crippen LogP contribution in [0.4, 0.5) is 47.5 Å². The molecule has 0 unspecified atom stereocenters. The molecule has 0 radical (unpaired) electrons. The lowest BCUT2D eigenvalue weighted by Gasteiger charge is -2.30. The third-order valence-electron chi connectivity index (χ3n) is 19.5. The molecule has 2 aliphatic carbocycles. The maximum absolute atomic E-state index is 14.4. The molecule has 107 heavy (non-hydrogen) atoms. The van der Waals surface area contributed by atoms with Gasteiger partial charge in [0.1, 0.15) is 81.3 Å². The molecule has 7 N–H and O–H groups in total. The molecule has 31 heteroatoms. The van der Waals surface area contributed by atoms with Crippen LogP contribution in [0.3, 0.4) is 0 Å². The number of hydrogen-bond donors (Lipinski definition) is 7. The number of carbonyl (C=O) groups excluding carboxylic acids is 8. The molecule has 10 atom stereocenters. The van der Waals surface area contributed by atoms with Crippen molar-refractivity contribution in [3.8, 4) is 11.8 Å². The van der Waals surface area contributed by atoms with Gasteiger partial charge in [0.25, 0.3) is 0 Å². The Morgan fingerprint density at radius 2 is 0.991 bits per heavy atom. The quantitative estimate of drug-likeness (QED) is 0.0283. The Morgan fingerprint density at radius 3 is 1.40 bits per heavy atom. The Labute approximate surface area is 627 Å². The molecule has 2 aromatic carbocycles. The van der Waals surface area contributed by atoms with E-state index < -0.39 is 112 Å². The van der Waals surface area contributed by atoms with E-state index in [0.29, 0.717) is 55.7 Å². The summed E-state index contributed by atoms with van der Waals surface area (Å²) in [6, 6.07) is 10.5. The summed E-state index contributed by atoms with van der Waals surface area (Å²) in [5.41, 5.74) is -2.96. The van der Waals surface area contributed by atoms with Crippen LogP contribution >= 0.6 is 11.6 Å². The van der Waals surface area contributed by atoms with E-state index in [1.807, 2.05) is 24.3 Å². The second kappa shape index (κ2) is 36.0. The van der Waals surface area contributed by atoms with E-state index in [1.165, 1.54) is 92.4 Å². The molecule has 6 amide bonds. The molecule has 12 rings (SSSR count). The lowest BCUT2D eigenvalue weighted by molar-refractivity contribution is -0.148. The summed E-state index contributed by atoms with van der Waals surface area (Å²) >= 11 is 6.28. The van der Waals surface area contributed by atoms with Gasteiger partial charge in [-0.15, -0.1) is 0 Å². The summed E-state index contributed by atoms with van der Waals surface area (Å²) in [6.07, 6.45) is 17.5. The van der Waals surface area contributed by atoms with Crippen molar-refractivity contribution in [3.05, 3.63) is 102 Å². The van der Waals surface area contributed by atoms with Crippen molar-refractivity contribution in [2.75, 3.05) is 69.0 Å². The van der Waals surface area contributed by atoms with Crippen LogP contribution in [-0.4, -0.2) is 190 Å².